The van der Waals surface area contributed by atoms with E-state index < -0.39 is 0 Å². The van der Waals surface area contributed by atoms with Crippen molar-refractivity contribution >= 4 is 38.9 Å². The van der Waals surface area contributed by atoms with Gasteiger partial charge in [0, 0.05) is 35.0 Å². The summed E-state index contributed by atoms with van der Waals surface area (Å²) in [7, 11) is 0. The Labute approximate surface area is 177 Å². The number of benzene rings is 1. The number of aromatic nitrogens is 3. The van der Waals surface area contributed by atoms with Crippen molar-refractivity contribution in [1.82, 2.24) is 15.0 Å². The maximum absolute atomic E-state index is 5.66. The molecule has 29 heavy (non-hydrogen) atoms. The SMILES string of the molecule is Cc1c(N2CCc3cnc(Nc4ccc(Br)cc4)nc3C2)cnc2c1NCCO2. The lowest BCUT2D eigenvalue weighted by molar-refractivity contribution is 0.310. The van der Waals surface area contributed by atoms with E-state index >= 15 is 0 Å². The van der Waals surface area contributed by atoms with Crippen LogP contribution in [0.15, 0.2) is 41.1 Å². The maximum Gasteiger partial charge on any atom is 0.237 e. The second-order valence-electron chi connectivity index (χ2n) is 7.19. The van der Waals surface area contributed by atoms with Gasteiger partial charge >= 0.3 is 0 Å². The molecule has 0 saturated heterocycles. The largest absolute Gasteiger partial charge is 0.474 e. The van der Waals surface area contributed by atoms with E-state index in [-0.39, 0.29) is 0 Å². The van der Waals surface area contributed by atoms with Crippen LogP contribution in [0, 0.1) is 6.92 Å². The third kappa shape index (κ3) is 3.60. The Morgan fingerprint density at radius 3 is 2.90 bits per heavy atom. The van der Waals surface area contributed by atoms with Gasteiger partial charge < -0.3 is 20.3 Å². The number of ether oxygens (including phenoxy) is 1. The molecule has 0 aliphatic carbocycles. The second kappa shape index (κ2) is 7.51. The van der Waals surface area contributed by atoms with Crippen LogP contribution in [0.5, 0.6) is 5.88 Å². The smallest absolute Gasteiger partial charge is 0.237 e. The molecule has 2 aliphatic heterocycles. The molecule has 0 bridgehead atoms. The molecule has 2 N–H and O–H groups in total. The fourth-order valence-corrected chi connectivity index (χ4v) is 4.03. The summed E-state index contributed by atoms with van der Waals surface area (Å²) in [6.45, 7) is 5.22. The Kier molecular flexibility index (Phi) is 4.71. The van der Waals surface area contributed by atoms with Crippen LogP contribution < -0.4 is 20.3 Å². The third-order valence-electron chi connectivity index (χ3n) is 5.31. The van der Waals surface area contributed by atoms with E-state index in [1.54, 1.807) is 0 Å². The zero-order valence-electron chi connectivity index (χ0n) is 16.1. The van der Waals surface area contributed by atoms with Gasteiger partial charge in [-0.1, -0.05) is 15.9 Å². The van der Waals surface area contributed by atoms with Crippen LogP contribution in [-0.4, -0.2) is 34.6 Å². The second-order valence-corrected chi connectivity index (χ2v) is 8.11. The highest BCUT2D eigenvalue weighted by molar-refractivity contribution is 9.10. The summed E-state index contributed by atoms with van der Waals surface area (Å²) >= 11 is 3.46. The van der Waals surface area contributed by atoms with Crippen molar-refractivity contribution in [3.63, 3.8) is 0 Å². The van der Waals surface area contributed by atoms with Crippen LogP contribution in [0.1, 0.15) is 16.8 Å². The monoisotopic (exact) mass is 452 g/mol. The summed E-state index contributed by atoms with van der Waals surface area (Å²) < 4.78 is 6.70. The number of nitrogens with one attached hydrogen (secondary N) is 2. The molecule has 2 aliphatic rings. The molecule has 148 valence electrons. The molecular formula is C21H21BrN6O. The van der Waals surface area contributed by atoms with Gasteiger partial charge in [0.15, 0.2) is 0 Å². The van der Waals surface area contributed by atoms with E-state index in [9.17, 15) is 0 Å². The van der Waals surface area contributed by atoms with Crippen LogP contribution in [-0.2, 0) is 13.0 Å². The Morgan fingerprint density at radius 1 is 1.17 bits per heavy atom. The average Bonchev–Trinajstić information content (AvgIpc) is 2.75. The van der Waals surface area contributed by atoms with Crippen LogP contribution in [0.2, 0.25) is 0 Å². The van der Waals surface area contributed by atoms with Gasteiger partial charge in [-0.25, -0.2) is 15.0 Å². The van der Waals surface area contributed by atoms with Gasteiger partial charge in [-0.15, -0.1) is 0 Å². The summed E-state index contributed by atoms with van der Waals surface area (Å²) in [6.07, 6.45) is 4.76. The van der Waals surface area contributed by atoms with Crippen LogP contribution in [0.25, 0.3) is 0 Å². The van der Waals surface area contributed by atoms with Crippen molar-refractivity contribution in [2.24, 2.45) is 0 Å². The van der Waals surface area contributed by atoms with Crippen molar-refractivity contribution in [3.8, 4) is 5.88 Å². The summed E-state index contributed by atoms with van der Waals surface area (Å²) in [5.41, 5.74) is 6.50. The van der Waals surface area contributed by atoms with Gasteiger partial charge in [-0.05, 0) is 43.2 Å². The predicted octanol–water partition coefficient (Wildman–Crippen LogP) is 4.05. The molecule has 2 aromatic heterocycles. The quantitative estimate of drug-likeness (QED) is 0.620. The summed E-state index contributed by atoms with van der Waals surface area (Å²) in [6, 6.07) is 7.98. The summed E-state index contributed by atoms with van der Waals surface area (Å²) in [5.74, 6) is 1.31. The first-order chi connectivity index (χ1) is 14.2. The highest BCUT2D eigenvalue weighted by atomic mass is 79.9. The Bertz CT molecular complexity index is 1060. The van der Waals surface area contributed by atoms with Gasteiger partial charge in [0.05, 0.1) is 24.1 Å². The minimum Gasteiger partial charge on any atom is -0.474 e. The molecule has 4 heterocycles. The molecule has 0 fully saturated rings. The first-order valence-corrected chi connectivity index (χ1v) is 10.5. The molecule has 5 rings (SSSR count). The van der Waals surface area contributed by atoms with E-state index in [1.165, 1.54) is 11.1 Å². The fraction of sp³-hybridized carbons (Fsp3) is 0.286. The van der Waals surface area contributed by atoms with Crippen molar-refractivity contribution in [2.75, 3.05) is 35.2 Å². The summed E-state index contributed by atoms with van der Waals surface area (Å²) in [4.78, 5) is 16.1. The standard InChI is InChI=1S/C21H21BrN6O/c1-13-18(11-24-20-19(13)23-7-9-29-20)28-8-6-14-10-25-21(27-17(14)12-28)26-16-4-2-15(22)3-5-16/h2-5,10-11,23H,6-9,12H2,1H3,(H,25,26,27). The average molecular weight is 453 g/mol. The Hall–Kier alpha value is -2.87. The molecule has 0 radical (unpaired) electrons. The Balaban J connectivity index is 1.39. The first kappa shape index (κ1) is 18.2. The lowest BCUT2D eigenvalue weighted by Gasteiger charge is -2.32. The van der Waals surface area contributed by atoms with Crippen LogP contribution in [0.3, 0.4) is 0 Å². The highest BCUT2D eigenvalue weighted by Crippen LogP contribution is 2.36. The molecule has 1 aromatic carbocycles. The molecule has 0 atom stereocenters. The zero-order valence-corrected chi connectivity index (χ0v) is 17.7. The van der Waals surface area contributed by atoms with Crippen molar-refractivity contribution in [3.05, 3.63) is 58.0 Å². The van der Waals surface area contributed by atoms with Crippen molar-refractivity contribution < 1.29 is 4.74 Å². The van der Waals surface area contributed by atoms with Gasteiger partial charge in [-0.3, -0.25) is 0 Å². The van der Waals surface area contributed by atoms with E-state index in [2.05, 4.69) is 48.4 Å². The fourth-order valence-electron chi connectivity index (χ4n) is 3.76. The topological polar surface area (TPSA) is 75.2 Å². The van der Waals surface area contributed by atoms with Gasteiger partial charge in [0.2, 0.25) is 11.8 Å². The molecule has 0 spiro atoms. The maximum atomic E-state index is 5.66. The summed E-state index contributed by atoms with van der Waals surface area (Å²) in [5, 5.41) is 6.70. The number of nitrogens with zero attached hydrogens (tertiary/aromatic N) is 4. The van der Waals surface area contributed by atoms with E-state index in [4.69, 9.17) is 9.72 Å². The molecule has 7 nitrogen and oxygen atoms in total. The van der Waals surface area contributed by atoms with Gasteiger partial charge in [-0.2, -0.15) is 0 Å². The molecule has 3 aromatic rings. The van der Waals surface area contributed by atoms with E-state index in [1.807, 2.05) is 36.7 Å². The van der Waals surface area contributed by atoms with E-state index in [0.717, 1.165) is 53.3 Å². The van der Waals surface area contributed by atoms with Gasteiger partial charge in [0.25, 0.3) is 0 Å². The molecule has 0 unspecified atom stereocenters. The van der Waals surface area contributed by atoms with Crippen molar-refractivity contribution in [2.45, 2.75) is 19.9 Å². The van der Waals surface area contributed by atoms with Crippen LogP contribution in [0.4, 0.5) is 23.0 Å². The number of halogens is 1. The highest BCUT2D eigenvalue weighted by Gasteiger charge is 2.23. The third-order valence-corrected chi connectivity index (χ3v) is 5.84. The minimum absolute atomic E-state index is 0.614. The lowest BCUT2D eigenvalue weighted by atomic mass is 10.0. The number of anilines is 4. The Morgan fingerprint density at radius 2 is 2.03 bits per heavy atom. The number of fused-ring (bicyclic) bond motifs is 2. The van der Waals surface area contributed by atoms with Crippen molar-refractivity contribution in [1.29, 1.82) is 0 Å². The predicted molar refractivity (Wildman–Crippen MR) is 117 cm³/mol. The molecular weight excluding hydrogens is 432 g/mol. The first-order valence-electron chi connectivity index (χ1n) is 9.66. The molecule has 0 saturated carbocycles. The number of rotatable bonds is 3. The lowest BCUT2D eigenvalue weighted by Crippen LogP contribution is -2.32. The number of pyridine rings is 1. The molecule has 8 heteroatoms. The van der Waals surface area contributed by atoms with Crippen LogP contribution >= 0.6 is 15.9 Å². The molecule has 0 amide bonds. The van der Waals surface area contributed by atoms with Gasteiger partial charge in [0.1, 0.15) is 12.3 Å². The van der Waals surface area contributed by atoms with E-state index in [0.29, 0.717) is 18.4 Å². The minimum atomic E-state index is 0.614. The number of hydrogen-bond donors (Lipinski definition) is 2. The zero-order chi connectivity index (χ0) is 19.8. The normalized spacial score (nSPS) is 15.0. The number of hydrogen-bond acceptors (Lipinski definition) is 7.